The third kappa shape index (κ3) is 2.95. The first-order chi connectivity index (χ1) is 10.1. The van der Waals surface area contributed by atoms with Gasteiger partial charge in [-0.1, -0.05) is 23.7 Å². The quantitative estimate of drug-likeness (QED) is 0.873. The average molecular weight is 304 g/mol. The molecule has 2 aromatic rings. The number of nitrogens with zero attached hydrogens (tertiary/aromatic N) is 1. The van der Waals surface area contributed by atoms with Crippen LogP contribution in [0.1, 0.15) is 5.56 Å². The number of hydrogen-bond acceptors (Lipinski definition) is 3. The average Bonchev–Trinajstić information content (AvgIpc) is 2.96. The highest BCUT2D eigenvalue weighted by Gasteiger charge is 2.17. The van der Waals surface area contributed by atoms with Gasteiger partial charge >= 0.3 is 0 Å². The molecule has 5 heteroatoms. The second kappa shape index (κ2) is 5.66. The summed E-state index contributed by atoms with van der Waals surface area (Å²) in [6, 6.07) is 12.7. The zero-order valence-corrected chi connectivity index (χ0v) is 12.3. The molecule has 1 aliphatic heterocycles. The van der Waals surface area contributed by atoms with E-state index < -0.39 is 0 Å². The molecule has 0 aromatic heterocycles. The van der Waals surface area contributed by atoms with Crippen molar-refractivity contribution in [3.8, 4) is 11.5 Å². The summed E-state index contributed by atoms with van der Waals surface area (Å²) in [7, 11) is 1.75. The SMILES string of the molecule is CN(C(=O)Cc1ccc(Cl)cc1)c1ccc2c(c1)OCO2. The summed E-state index contributed by atoms with van der Waals surface area (Å²) in [5, 5.41) is 0.662. The van der Waals surface area contributed by atoms with Crippen molar-refractivity contribution in [2.75, 3.05) is 18.7 Å². The highest BCUT2D eigenvalue weighted by molar-refractivity contribution is 6.30. The monoisotopic (exact) mass is 303 g/mol. The number of halogens is 1. The Balaban J connectivity index is 1.73. The van der Waals surface area contributed by atoms with Gasteiger partial charge in [0.15, 0.2) is 11.5 Å². The summed E-state index contributed by atoms with van der Waals surface area (Å²) in [5.74, 6) is 1.37. The molecular formula is C16H14ClNO3. The van der Waals surface area contributed by atoms with Crippen molar-refractivity contribution in [2.24, 2.45) is 0 Å². The molecule has 1 amide bonds. The van der Waals surface area contributed by atoms with Crippen LogP contribution in [0.3, 0.4) is 0 Å². The van der Waals surface area contributed by atoms with Gasteiger partial charge in [-0.25, -0.2) is 0 Å². The van der Waals surface area contributed by atoms with Gasteiger partial charge < -0.3 is 14.4 Å². The Hall–Kier alpha value is -2.20. The second-order valence-corrected chi connectivity index (χ2v) is 5.23. The topological polar surface area (TPSA) is 38.8 Å². The van der Waals surface area contributed by atoms with E-state index in [4.69, 9.17) is 21.1 Å². The number of rotatable bonds is 3. The van der Waals surface area contributed by atoms with E-state index in [2.05, 4.69) is 0 Å². The minimum atomic E-state index is -0.00353. The smallest absolute Gasteiger partial charge is 0.231 e. The number of anilines is 1. The van der Waals surface area contributed by atoms with Crippen LogP contribution >= 0.6 is 11.6 Å². The van der Waals surface area contributed by atoms with E-state index in [1.165, 1.54) is 0 Å². The molecule has 0 unspecified atom stereocenters. The first-order valence-corrected chi connectivity index (χ1v) is 6.92. The number of fused-ring (bicyclic) bond motifs is 1. The van der Waals surface area contributed by atoms with Crippen LogP contribution in [-0.4, -0.2) is 19.7 Å². The van der Waals surface area contributed by atoms with Crippen LogP contribution in [0.15, 0.2) is 42.5 Å². The molecule has 2 aromatic carbocycles. The van der Waals surface area contributed by atoms with E-state index in [1.807, 2.05) is 30.3 Å². The molecule has 0 radical (unpaired) electrons. The molecule has 0 aliphatic carbocycles. The number of hydrogen-bond donors (Lipinski definition) is 0. The maximum Gasteiger partial charge on any atom is 0.231 e. The van der Waals surface area contributed by atoms with Gasteiger partial charge in [0.05, 0.1) is 6.42 Å². The van der Waals surface area contributed by atoms with Gasteiger partial charge in [0.25, 0.3) is 0 Å². The minimum Gasteiger partial charge on any atom is -0.454 e. The minimum absolute atomic E-state index is 0.00353. The van der Waals surface area contributed by atoms with E-state index >= 15 is 0 Å². The molecule has 0 saturated heterocycles. The molecule has 1 heterocycles. The lowest BCUT2D eigenvalue weighted by Gasteiger charge is -2.17. The predicted molar refractivity (Wildman–Crippen MR) is 81.1 cm³/mol. The fourth-order valence-corrected chi connectivity index (χ4v) is 2.26. The zero-order valence-electron chi connectivity index (χ0n) is 11.5. The van der Waals surface area contributed by atoms with Crippen LogP contribution in [0, 0.1) is 0 Å². The maximum absolute atomic E-state index is 12.3. The summed E-state index contributed by atoms with van der Waals surface area (Å²) in [6.45, 7) is 0.223. The summed E-state index contributed by atoms with van der Waals surface area (Å²) >= 11 is 5.84. The fourth-order valence-electron chi connectivity index (χ4n) is 2.13. The summed E-state index contributed by atoms with van der Waals surface area (Å²) in [4.78, 5) is 13.9. The standard InChI is InChI=1S/C16H14ClNO3/c1-18(13-6-7-14-15(9-13)21-10-20-14)16(19)8-11-2-4-12(17)5-3-11/h2-7,9H,8,10H2,1H3. The van der Waals surface area contributed by atoms with Gasteiger partial charge in [0.2, 0.25) is 12.7 Å². The lowest BCUT2D eigenvalue weighted by atomic mass is 10.1. The first-order valence-electron chi connectivity index (χ1n) is 6.54. The van der Waals surface area contributed by atoms with Gasteiger partial charge in [-0.3, -0.25) is 4.79 Å². The molecule has 0 atom stereocenters. The van der Waals surface area contributed by atoms with Crippen molar-refractivity contribution in [1.29, 1.82) is 0 Å². The largest absolute Gasteiger partial charge is 0.454 e. The van der Waals surface area contributed by atoms with Crippen molar-refractivity contribution >= 4 is 23.2 Å². The van der Waals surface area contributed by atoms with Crippen molar-refractivity contribution in [3.63, 3.8) is 0 Å². The third-order valence-corrected chi connectivity index (χ3v) is 3.64. The Morgan fingerprint density at radius 2 is 1.86 bits per heavy atom. The molecule has 4 nitrogen and oxygen atoms in total. The van der Waals surface area contributed by atoms with Crippen molar-refractivity contribution in [1.82, 2.24) is 0 Å². The number of likely N-dealkylation sites (N-methyl/N-ethyl adjacent to an activating group) is 1. The molecule has 0 fully saturated rings. The Labute approximate surface area is 127 Å². The normalized spacial score (nSPS) is 12.3. The van der Waals surface area contributed by atoms with Crippen molar-refractivity contribution in [3.05, 3.63) is 53.1 Å². The van der Waals surface area contributed by atoms with Gasteiger partial charge in [-0.15, -0.1) is 0 Å². The number of benzene rings is 2. The summed E-state index contributed by atoms with van der Waals surface area (Å²) < 4.78 is 10.6. The molecule has 0 bridgehead atoms. The van der Waals surface area contributed by atoms with E-state index in [9.17, 15) is 4.79 Å². The lowest BCUT2D eigenvalue weighted by molar-refractivity contribution is -0.117. The highest BCUT2D eigenvalue weighted by atomic mass is 35.5. The summed E-state index contributed by atoms with van der Waals surface area (Å²) in [5.41, 5.74) is 1.70. The van der Waals surface area contributed by atoms with Gasteiger partial charge in [0, 0.05) is 23.8 Å². The predicted octanol–water partition coefficient (Wildman–Crippen LogP) is 3.27. The van der Waals surface area contributed by atoms with E-state index in [1.54, 1.807) is 24.1 Å². The van der Waals surface area contributed by atoms with E-state index in [-0.39, 0.29) is 12.7 Å². The van der Waals surface area contributed by atoms with Crippen molar-refractivity contribution in [2.45, 2.75) is 6.42 Å². The Morgan fingerprint density at radius 1 is 1.14 bits per heavy atom. The molecule has 0 saturated carbocycles. The van der Waals surface area contributed by atoms with Crippen LogP contribution in [-0.2, 0) is 11.2 Å². The molecule has 0 N–H and O–H groups in total. The van der Waals surface area contributed by atoms with Crippen LogP contribution < -0.4 is 14.4 Å². The van der Waals surface area contributed by atoms with Crippen LogP contribution in [0.4, 0.5) is 5.69 Å². The number of carbonyl (C=O) groups is 1. The Bertz CT molecular complexity index is 670. The molecule has 108 valence electrons. The molecule has 21 heavy (non-hydrogen) atoms. The zero-order chi connectivity index (χ0) is 14.8. The number of amides is 1. The number of carbonyl (C=O) groups excluding carboxylic acids is 1. The molecule has 1 aliphatic rings. The first kappa shape index (κ1) is 13.8. The van der Waals surface area contributed by atoms with Crippen LogP contribution in [0.25, 0.3) is 0 Å². The summed E-state index contributed by atoms with van der Waals surface area (Å²) in [6.07, 6.45) is 0.322. The number of ether oxygens (including phenoxy) is 2. The lowest BCUT2D eigenvalue weighted by Crippen LogP contribution is -2.27. The molecule has 0 spiro atoms. The van der Waals surface area contributed by atoms with Gasteiger partial charge in [0.1, 0.15) is 0 Å². The molecule has 3 rings (SSSR count). The van der Waals surface area contributed by atoms with Crippen LogP contribution in [0.5, 0.6) is 11.5 Å². The van der Waals surface area contributed by atoms with Crippen LogP contribution in [0.2, 0.25) is 5.02 Å². The van der Waals surface area contributed by atoms with Gasteiger partial charge in [-0.2, -0.15) is 0 Å². The molecular weight excluding hydrogens is 290 g/mol. The third-order valence-electron chi connectivity index (χ3n) is 3.39. The van der Waals surface area contributed by atoms with E-state index in [0.717, 1.165) is 11.3 Å². The van der Waals surface area contributed by atoms with Gasteiger partial charge in [-0.05, 0) is 29.8 Å². The fraction of sp³-hybridized carbons (Fsp3) is 0.188. The van der Waals surface area contributed by atoms with E-state index in [0.29, 0.717) is 22.9 Å². The van der Waals surface area contributed by atoms with Crippen molar-refractivity contribution < 1.29 is 14.3 Å². The Kier molecular flexibility index (Phi) is 3.71. The maximum atomic E-state index is 12.3. The highest BCUT2D eigenvalue weighted by Crippen LogP contribution is 2.35. The Morgan fingerprint density at radius 3 is 2.62 bits per heavy atom. The second-order valence-electron chi connectivity index (χ2n) is 4.79.